The molecule has 0 aromatic carbocycles. The third-order valence-electron chi connectivity index (χ3n) is 2.63. The molecule has 0 saturated carbocycles. The van der Waals surface area contributed by atoms with Crippen molar-refractivity contribution >= 4 is 0 Å². The van der Waals surface area contributed by atoms with E-state index < -0.39 is 0 Å². The number of imidazole rings is 1. The second-order valence-electron chi connectivity index (χ2n) is 3.48. The number of aliphatic hydroxyl groups excluding tert-OH is 1. The molecule has 1 aromatic heterocycles. The summed E-state index contributed by atoms with van der Waals surface area (Å²) in [5.41, 5.74) is 0.784. The Morgan fingerprint density at radius 1 is 1.77 bits per heavy atom. The van der Waals surface area contributed by atoms with Crippen LogP contribution >= 0.6 is 0 Å². The molecule has 4 nitrogen and oxygen atoms in total. The number of likely N-dealkylation sites (N-methyl/N-ethyl adjacent to an activating group) is 1. The third-order valence-corrected chi connectivity index (χ3v) is 2.63. The van der Waals surface area contributed by atoms with Crippen LogP contribution in [0.3, 0.4) is 0 Å². The minimum atomic E-state index is 0.0459. The summed E-state index contributed by atoms with van der Waals surface area (Å²) in [7, 11) is 1.98. The standard InChI is InChI=1S/C9H15N3O/c1-10-7-2-3-12-5-8(6-13)11-9(12)4-7/h5,7,10,13H,2-4,6H2,1H3/t7-/m1/s1. The molecule has 13 heavy (non-hydrogen) atoms. The highest BCUT2D eigenvalue weighted by molar-refractivity contribution is 5.07. The highest BCUT2D eigenvalue weighted by Gasteiger charge is 2.18. The van der Waals surface area contributed by atoms with Crippen LogP contribution in [0.15, 0.2) is 6.20 Å². The van der Waals surface area contributed by atoms with Crippen LogP contribution in [0.1, 0.15) is 17.9 Å². The predicted octanol–water partition coefficient (Wildman–Crippen LogP) is -0.0904. The predicted molar refractivity (Wildman–Crippen MR) is 49.3 cm³/mol. The number of rotatable bonds is 2. The van der Waals surface area contributed by atoms with Crippen molar-refractivity contribution in [1.82, 2.24) is 14.9 Å². The maximum atomic E-state index is 8.92. The van der Waals surface area contributed by atoms with Gasteiger partial charge in [0.25, 0.3) is 0 Å². The first kappa shape index (κ1) is 8.72. The maximum absolute atomic E-state index is 8.92. The Balaban J connectivity index is 2.19. The zero-order valence-electron chi connectivity index (χ0n) is 7.82. The van der Waals surface area contributed by atoms with Crippen LogP contribution in [0.4, 0.5) is 0 Å². The Kier molecular flexibility index (Phi) is 2.33. The van der Waals surface area contributed by atoms with Crippen LogP contribution in [0.2, 0.25) is 0 Å². The van der Waals surface area contributed by atoms with Gasteiger partial charge in [0.05, 0.1) is 12.3 Å². The first-order valence-corrected chi connectivity index (χ1v) is 4.66. The SMILES string of the molecule is CN[C@@H]1CCn2cc(CO)nc2C1. The number of nitrogens with one attached hydrogen (secondary N) is 1. The van der Waals surface area contributed by atoms with E-state index >= 15 is 0 Å². The van der Waals surface area contributed by atoms with Crippen molar-refractivity contribution < 1.29 is 5.11 Å². The van der Waals surface area contributed by atoms with Gasteiger partial charge < -0.3 is 15.0 Å². The maximum Gasteiger partial charge on any atom is 0.110 e. The average Bonchev–Trinajstić information content (AvgIpc) is 2.58. The van der Waals surface area contributed by atoms with Crippen molar-refractivity contribution in [2.45, 2.75) is 32.0 Å². The van der Waals surface area contributed by atoms with Crippen molar-refractivity contribution in [2.24, 2.45) is 0 Å². The first-order chi connectivity index (χ1) is 6.33. The lowest BCUT2D eigenvalue weighted by molar-refractivity contribution is 0.277. The number of aromatic nitrogens is 2. The van der Waals surface area contributed by atoms with E-state index in [0.717, 1.165) is 30.9 Å². The Labute approximate surface area is 77.6 Å². The van der Waals surface area contributed by atoms with Crippen molar-refractivity contribution in [2.75, 3.05) is 7.05 Å². The lowest BCUT2D eigenvalue weighted by Crippen LogP contribution is -2.33. The lowest BCUT2D eigenvalue weighted by atomic mass is 10.1. The Morgan fingerprint density at radius 2 is 2.62 bits per heavy atom. The summed E-state index contributed by atoms with van der Waals surface area (Å²) in [6.07, 6.45) is 4.06. The zero-order valence-corrected chi connectivity index (χ0v) is 7.82. The summed E-state index contributed by atoms with van der Waals surface area (Å²) in [6, 6.07) is 0.543. The molecule has 0 saturated heterocycles. The van der Waals surface area contributed by atoms with Crippen LogP contribution in [0, 0.1) is 0 Å². The van der Waals surface area contributed by atoms with E-state index in [1.165, 1.54) is 0 Å². The van der Waals surface area contributed by atoms with Crippen molar-refractivity contribution in [3.8, 4) is 0 Å². The molecule has 0 radical (unpaired) electrons. The van der Waals surface area contributed by atoms with Gasteiger partial charge in [-0.05, 0) is 13.5 Å². The number of aliphatic hydroxyl groups is 1. The second kappa shape index (κ2) is 3.47. The largest absolute Gasteiger partial charge is 0.390 e. The van der Waals surface area contributed by atoms with Crippen LogP contribution in [0.5, 0.6) is 0 Å². The average molecular weight is 181 g/mol. The zero-order chi connectivity index (χ0) is 9.26. The van der Waals surface area contributed by atoms with Gasteiger partial charge in [0, 0.05) is 25.2 Å². The van der Waals surface area contributed by atoms with Gasteiger partial charge >= 0.3 is 0 Å². The van der Waals surface area contributed by atoms with Gasteiger partial charge in [-0.25, -0.2) is 4.98 Å². The normalized spacial score (nSPS) is 21.5. The van der Waals surface area contributed by atoms with E-state index in [0.29, 0.717) is 6.04 Å². The fourth-order valence-corrected chi connectivity index (χ4v) is 1.81. The third kappa shape index (κ3) is 1.59. The summed E-state index contributed by atoms with van der Waals surface area (Å²) in [4.78, 5) is 4.34. The highest BCUT2D eigenvalue weighted by atomic mass is 16.3. The molecule has 0 amide bonds. The van der Waals surface area contributed by atoms with Gasteiger partial charge in [0.2, 0.25) is 0 Å². The van der Waals surface area contributed by atoms with Gasteiger partial charge in [-0.15, -0.1) is 0 Å². The molecule has 1 atom stereocenters. The van der Waals surface area contributed by atoms with Crippen molar-refractivity contribution in [3.05, 3.63) is 17.7 Å². The molecule has 2 N–H and O–H groups in total. The first-order valence-electron chi connectivity index (χ1n) is 4.66. The second-order valence-corrected chi connectivity index (χ2v) is 3.48. The van der Waals surface area contributed by atoms with E-state index in [1.807, 2.05) is 13.2 Å². The van der Waals surface area contributed by atoms with Gasteiger partial charge in [-0.1, -0.05) is 0 Å². The molecule has 1 aliphatic rings. The molecule has 0 bridgehead atoms. The van der Waals surface area contributed by atoms with Crippen LogP contribution in [0.25, 0.3) is 0 Å². The van der Waals surface area contributed by atoms with Crippen LogP contribution in [-0.4, -0.2) is 27.7 Å². The number of fused-ring (bicyclic) bond motifs is 1. The molecule has 72 valence electrons. The Morgan fingerprint density at radius 3 is 3.31 bits per heavy atom. The monoisotopic (exact) mass is 181 g/mol. The van der Waals surface area contributed by atoms with E-state index in [-0.39, 0.29) is 6.61 Å². The van der Waals surface area contributed by atoms with E-state index in [1.54, 1.807) is 0 Å². The molecule has 0 unspecified atom stereocenters. The van der Waals surface area contributed by atoms with Crippen molar-refractivity contribution in [3.63, 3.8) is 0 Å². The van der Waals surface area contributed by atoms with Gasteiger partial charge in [-0.2, -0.15) is 0 Å². The fourth-order valence-electron chi connectivity index (χ4n) is 1.81. The number of nitrogens with zero attached hydrogens (tertiary/aromatic N) is 2. The van der Waals surface area contributed by atoms with Gasteiger partial charge in [0.1, 0.15) is 5.82 Å². The van der Waals surface area contributed by atoms with E-state index in [9.17, 15) is 0 Å². The molecule has 0 spiro atoms. The Hall–Kier alpha value is -0.870. The molecular weight excluding hydrogens is 166 g/mol. The van der Waals surface area contributed by atoms with E-state index in [4.69, 9.17) is 5.11 Å². The number of aryl methyl sites for hydroxylation is 1. The minimum Gasteiger partial charge on any atom is -0.390 e. The van der Waals surface area contributed by atoms with Gasteiger partial charge in [0.15, 0.2) is 0 Å². The highest BCUT2D eigenvalue weighted by Crippen LogP contribution is 2.14. The molecule has 2 heterocycles. The quantitative estimate of drug-likeness (QED) is 0.670. The molecular formula is C9H15N3O. The summed E-state index contributed by atoms with van der Waals surface area (Å²) < 4.78 is 2.14. The topological polar surface area (TPSA) is 50.1 Å². The van der Waals surface area contributed by atoms with Crippen molar-refractivity contribution in [1.29, 1.82) is 0 Å². The van der Waals surface area contributed by atoms with E-state index in [2.05, 4.69) is 14.9 Å². The smallest absolute Gasteiger partial charge is 0.110 e. The molecule has 1 aromatic rings. The summed E-state index contributed by atoms with van der Waals surface area (Å²) in [5, 5.41) is 12.2. The minimum absolute atomic E-state index is 0.0459. The van der Waals surface area contributed by atoms with Crippen LogP contribution in [-0.2, 0) is 19.6 Å². The van der Waals surface area contributed by atoms with Gasteiger partial charge in [-0.3, -0.25) is 0 Å². The summed E-state index contributed by atoms with van der Waals surface area (Å²) in [5.74, 6) is 1.09. The number of hydrogen-bond acceptors (Lipinski definition) is 3. The lowest BCUT2D eigenvalue weighted by Gasteiger charge is -2.22. The summed E-state index contributed by atoms with van der Waals surface area (Å²) >= 11 is 0. The molecule has 0 fully saturated rings. The molecule has 4 heteroatoms. The van der Waals surface area contributed by atoms with Crippen LogP contribution < -0.4 is 5.32 Å². The number of hydrogen-bond donors (Lipinski definition) is 2. The summed E-state index contributed by atoms with van der Waals surface area (Å²) in [6.45, 7) is 1.05. The molecule has 1 aliphatic heterocycles. The molecule has 2 rings (SSSR count). The molecule has 0 aliphatic carbocycles. The Bertz CT molecular complexity index is 295. The fraction of sp³-hybridized carbons (Fsp3) is 0.667.